The fourth-order valence-electron chi connectivity index (χ4n) is 6.27. The third kappa shape index (κ3) is 4.65. The molecule has 0 aromatic heterocycles. The fraction of sp³-hybridized carbons (Fsp3) is 0.400. The number of carbonyl (C=O) groups is 1. The molecule has 0 spiro atoms. The van der Waals surface area contributed by atoms with Crippen LogP contribution in [0.1, 0.15) is 56.6 Å². The molecular weight excluding hydrogens is 514 g/mol. The van der Waals surface area contributed by atoms with Crippen LogP contribution in [-0.4, -0.2) is 37.1 Å². The number of rotatable bonds is 5. The van der Waals surface area contributed by atoms with Crippen molar-refractivity contribution in [1.82, 2.24) is 15.8 Å². The number of hydrogen-bond acceptors (Lipinski definition) is 8. The van der Waals surface area contributed by atoms with Crippen LogP contribution < -0.4 is 26.1 Å². The lowest BCUT2D eigenvalue weighted by atomic mass is 9.68. The first-order chi connectivity index (χ1) is 18.6. The Bertz CT molecular complexity index is 1410. The van der Waals surface area contributed by atoms with Gasteiger partial charge in [-0.05, 0) is 54.2 Å². The molecule has 1 aliphatic carbocycles. The van der Waals surface area contributed by atoms with E-state index in [1.807, 2.05) is 41.3 Å². The maximum atomic E-state index is 13.9. The van der Waals surface area contributed by atoms with Crippen molar-refractivity contribution in [3.63, 3.8) is 0 Å². The molecule has 9 heteroatoms. The predicted molar refractivity (Wildman–Crippen MR) is 150 cm³/mol. The van der Waals surface area contributed by atoms with Gasteiger partial charge in [-0.15, -0.1) is 0 Å². The number of methoxy groups -OCH3 is 2. The number of hydrogen-bond donors (Lipinski definition) is 3. The summed E-state index contributed by atoms with van der Waals surface area (Å²) in [6.45, 7) is 6.29. The third-order valence-corrected chi connectivity index (χ3v) is 8.28. The first kappa shape index (κ1) is 27.1. The molecule has 0 amide bonds. The van der Waals surface area contributed by atoms with E-state index in [0.717, 1.165) is 16.8 Å². The molecule has 204 valence electrons. The average Bonchev–Trinajstić information content (AvgIpc) is 3.27. The molecule has 8 nitrogen and oxygen atoms in total. The number of nitrogens with zero attached hydrogens (tertiary/aromatic N) is 2. The molecule has 0 bridgehead atoms. The molecule has 39 heavy (non-hydrogen) atoms. The standard InChI is InChI=1S/C30H34ClN5O3/c1-16-25(17-6-9-19(31)10-7-17)29(35-34-16)36-21-13-30(2,3)14-22(37)27(21)26(20(15-32)28(36)33)18-8-11-23(38-4)24(12-18)39-5/h6-12,16,25-26,29,34-35H,13-14,33H2,1-5H3. The summed E-state index contributed by atoms with van der Waals surface area (Å²) in [4.78, 5) is 15.9. The summed E-state index contributed by atoms with van der Waals surface area (Å²) in [6.07, 6.45) is 0.689. The Hall–Kier alpha value is -3.51. The summed E-state index contributed by atoms with van der Waals surface area (Å²) < 4.78 is 11.0. The lowest BCUT2D eigenvalue weighted by molar-refractivity contribution is -0.118. The zero-order valence-electron chi connectivity index (χ0n) is 22.8. The van der Waals surface area contributed by atoms with Crippen LogP contribution in [0, 0.1) is 16.7 Å². The van der Waals surface area contributed by atoms with E-state index in [9.17, 15) is 10.1 Å². The van der Waals surface area contributed by atoms with E-state index >= 15 is 0 Å². The second kappa shape index (κ2) is 10.2. The van der Waals surface area contributed by atoms with E-state index in [2.05, 4.69) is 37.7 Å². The molecule has 2 heterocycles. The van der Waals surface area contributed by atoms with E-state index in [1.54, 1.807) is 20.3 Å². The molecule has 5 rings (SSSR count). The van der Waals surface area contributed by atoms with Crippen molar-refractivity contribution in [3.8, 4) is 17.6 Å². The number of nitriles is 1. The van der Waals surface area contributed by atoms with Gasteiger partial charge in [0.1, 0.15) is 12.0 Å². The van der Waals surface area contributed by atoms with Gasteiger partial charge in [0.25, 0.3) is 0 Å². The Kier molecular flexibility index (Phi) is 7.10. The van der Waals surface area contributed by atoms with Crippen molar-refractivity contribution >= 4 is 17.4 Å². The van der Waals surface area contributed by atoms with Crippen molar-refractivity contribution in [2.24, 2.45) is 11.1 Å². The molecule has 0 saturated carbocycles. The molecule has 2 aromatic rings. The van der Waals surface area contributed by atoms with E-state index in [4.69, 9.17) is 26.8 Å². The normalized spacial score (nSPS) is 26.4. The Labute approximate surface area is 234 Å². The number of allylic oxidation sites excluding steroid dienone is 3. The molecule has 3 aliphatic rings. The topological polar surface area (TPSA) is 113 Å². The van der Waals surface area contributed by atoms with E-state index in [-0.39, 0.29) is 29.3 Å². The molecule has 1 saturated heterocycles. The number of Topliss-reactive ketones (excluding diaryl/α,β-unsaturated/α-hetero) is 1. The molecular formula is C30H34ClN5O3. The van der Waals surface area contributed by atoms with Gasteiger partial charge in [0.05, 0.1) is 31.8 Å². The van der Waals surface area contributed by atoms with Gasteiger partial charge in [0, 0.05) is 34.7 Å². The molecule has 2 aliphatic heterocycles. The number of benzene rings is 2. The summed E-state index contributed by atoms with van der Waals surface area (Å²) >= 11 is 6.19. The average molecular weight is 548 g/mol. The van der Waals surface area contributed by atoms with Gasteiger partial charge in [-0.1, -0.05) is 43.6 Å². The van der Waals surface area contributed by atoms with Crippen LogP contribution in [0.3, 0.4) is 0 Å². The maximum absolute atomic E-state index is 13.9. The van der Waals surface area contributed by atoms with Gasteiger partial charge in [-0.25, -0.2) is 5.43 Å². The number of ketones is 1. The van der Waals surface area contributed by atoms with Crippen molar-refractivity contribution in [2.75, 3.05) is 14.2 Å². The van der Waals surface area contributed by atoms with Gasteiger partial charge >= 0.3 is 0 Å². The highest BCUT2D eigenvalue weighted by molar-refractivity contribution is 6.30. The minimum Gasteiger partial charge on any atom is -0.493 e. The molecule has 1 fully saturated rings. The first-order valence-corrected chi connectivity index (χ1v) is 13.4. The third-order valence-electron chi connectivity index (χ3n) is 8.03. The lowest BCUT2D eigenvalue weighted by Gasteiger charge is -2.47. The van der Waals surface area contributed by atoms with Crippen molar-refractivity contribution in [3.05, 3.63) is 81.3 Å². The Balaban J connectivity index is 1.70. The quantitative estimate of drug-likeness (QED) is 0.494. The van der Waals surface area contributed by atoms with Crippen LogP contribution in [0.15, 0.2) is 65.1 Å². The number of hydrazine groups is 1. The van der Waals surface area contributed by atoms with Crippen LogP contribution in [0.4, 0.5) is 0 Å². The summed E-state index contributed by atoms with van der Waals surface area (Å²) in [7, 11) is 3.14. The highest BCUT2D eigenvalue weighted by atomic mass is 35.5. The van der Waals surface area contributed by atoms with Crippen LogP contribution in [0.2, 0.25) is 5.02 Å². The van der Waals surface area contributed by atoms with Gasteiger partial charge < -0.3 is 20.1 Å². The first-order valence-electron chi connectivity index (χ1n) is 13.0. The second-order valence-electron chi connectivity index (χ2n) is 11.2. The van der Waals surface area contributed by atoms with E-state index in [1.165, 1.54) is 0 Å². The van der Waals surface area contributed by atoms with Crippen LogP contribution in [-0.2, 0) is 4.79 Å². The monoisotopic (exact) mass is 547 g/mol. The molecule has 4 unspecified atom stereocenters. The number of ether oxygens (including phenoxy) is 2. The second-order valence-corrected chi connectivity index (χ2v) is 11.7. The number of nitrogens with two attached hydrogens (primary N) is 1. The van der Waals surface area contributed by atoms with E-state index in [0.29, 0.717) is 46.3 Å². The molecule has 4 N–H and O–H groups in total. The zero-order chi connectivity index (χ0) is 28.1. The number of nitrogens with one attached hydrogen (secondary N) is 2. The van der Waals surface area contributed by atoms with Gasteiger partial charge in [0.2, 0.25) is 0 Å². The molecule has 4 atom stereocenters. The maximum Gasteiger partial charge on any atom is 0.162 e. The number of carbonyl (C=O) groups excluding carboxylic acids is 1. The zero-order valence-corrected chi connectivity index (χ0v) is 23.6. The lowest BCUT2D eigenvalue weighted by Crippen LogP contribution is -2.52. The Morgan fingerprint density at radius 2 is 1.72 bits per heavy atom. The molecule has 0 radical (unpaired) electrons. The Morgan fingerprint density at radius 3 is 2.36 bits per heavy atom. The molecule has 2 aromatic carbocycles. The van der Waals surface area contributed by atoms with Crippen molar-refractivity contribution in [2.45, 2.75) is 57.7 Å². The van der Waals surface area contributed by atoms with Crippen molar-refractivity contribution < 1.29 is 14.3 Å². The minimum absolute atomic E-state index is 0.0216. The van der Waals surface area contributed by atoms with Gasteiger partial charge in [0.15, 0.2) is 17.3 Å². The van der Waals surface area contributed by atoms with E-state index < -0.39 is 5.92 Å². The summed E-state index contributed by atoms with van der Waals surface area (Å²) in [5.74, 6) is 0.817. The van der Waals surface area contributed by atoms with Gasteiger partial charge in [-0.3, -0.25) is 10.2 Å². The highest BCUT2D eigenvalue weighted by Crippen LogP contribution is 2.51. The summed E-state index contributed by atoms with van der Waals surface area (Å²) in [5, 5.41) is 11.1. The predicted octanol–water partition coefficient (Wildman–Crippen LogP) is 4.70. The smallest absolute Gasteiger partial charge is 0.162 e. The van der Waals surface area contributed by atoms with Crippen LogP contribution in [0.5, 0.6) is 11.5 Å². The SMILES string of the molecule is COc1ccc(C2C(C#N)=C(N)N(C3NNC(C)C3c3ccc(Cl)cc3)C3=C2C(=O)CC(C)(C)C3)cc1OC. The largest absolute Gasteiger partial charge is 0.493 e. The highest BCUT2D eigenvalue weighted by Gasteiger charge is 2.49. The van der Waals surface area contributed by atoms with Crippen molar-refractivity contribution in [1.29, 1.82) is 5.26 Å². The minimum atomic E-state index is -0.606. The Morgan fingerprint density at radius 1 is 1.05 bits per heavy atom. The number of halogens is 1. The summed E-state index contributed by atoms with van der Waals surface area (Å²) in [6, 6.07) is 15.7. The van der Waals surface area contributed by atoms with Crippen LogP contribution in [0.25, 0.3) is 0 Å². The summed E-state index contributed by atoms with van der Waals surface area (Å²) in [5.41, 5.74) is 17.0. The fourth-order valence-corrected chi connectivity index (χ4v) is 6.39. The van der Waals surface area contributed by atoms with Gasteiger partial charge in [-0.2, -0.15) is 5.26 Å². The van der Waals surface area contributed by atoms with Crippen LogP contribution >= 0.6 is 11.6 Å².